The molecule has 0 unspecified atom stereocenters. The van der Waals surface area contributed by atoms with E-state index in [9.17, 15) is 29.3 Å². The third-order valence-corrected chi connectivity index (χ3v) is 6.35. The summed E-state index contributed by atoms with van der Waals surface area (Å²) >= 11 is 0. The van der Waals surface area contributed by atoms with E-state index in [-0.39, 0.29) is 11.3 Å². The Labute approximate surface area is 195 Å². The van der Waals surface area contributed by atoms with E-state index in [0.717, 1.165) is 27.7 Å². The van der Waals surface area contributed by atoms with Crippen LogP contribution in [0.5, 0.6) is 0 Å². The first-order valence-corrected chi connectivity index (χ1v) is 10.9. The Kier molecular flexibility index (Phi) is 6.10. The predicted molar refractivity (Wildman–Crippen MR) is 121 cm³/mol. The molecule has 2 aromatic rings. The number of allylic oxidation sites excluding steroid dienone is 2. The van der Waals surface area contributed by atoms with Gasteiger partial charge in [0.25, 0.3) is 23.4 Å². The fraction of sp³-hybridized carbons (Fsp3) is 0.280. The van der Waals surface area contributed by atoms with Crippen molar-refractivity contribution in [3.63, 3.8) is 0 Å². The Balaban J connectivity index is 1.74. The second-order valence-electron chi connectivity index (χ2n) is 8.55. The summed E-state index contributed by atoms with van der Waals surface area (Å²) in [6, 6.07) is 11.9. The van der Waals surface area contributed by atoms with Crippen LogP contribution in [0.25, 0.3) is 0 Å². The highest BCUT2D eigenvalue weighted by Crippen LogP contribution is 2.39. The number of imide groups is 1. The number of rotatable bonds is 6. The Bertz CT molecular complexity index is 1200. The summed E-state index contributed by atoms with van der Waals surface area (Å²) in [6.45, 7) is 3.35. The molecule has 1 aliphatic heterocycles. The molecule has 0 N–H and O–H groups in total. The van der Waals surface area contributed by atoms with E-state index >= 15 is 0 Å². The van der Waals surface area contributed by atoms with Crippen LogP contribution in [0.1, 0.15) is 47.4 Å². The minimum absolute atomic E-state index is 0.0167. The molecule has 4 rings (SSSR count). The van der Waals surface area contributed by atoms with Gasteiger partial charge in [0.1, 0.15) is 6.04 Å². The molecular formula is C25H23N3O6. The number of hydrogen-bond donors (Lipinski definition) is 0. The molecule has 1 fully saturated rings. The van der Waals surface area contributed by atoms with Crippen LogP contribution in [-0.2, 0) is 9.59 Å². The molecule has 1 heterocycles. The molecule has 0 spiro atoms. The van der Waals surface area contributed by atoms with Crippen LogP contribution in [0.3, 0.4) is 0 Å². The third-order valence-electron chi connectivity index (χ3n) is 6.35. The van der Waals surface area contributed by atoms with E-state index in [1.54, 1.807) is 30.3 Å². The fourth-order valence-electron chi connectivity index (χ4n) is 4.48. The maximum absolute atomic E-state index is 13.6. The average Bonchev–Trinajstić information content (AvgIpc) is 3.08. The molecule has 0 saturated carbocycles. The number of non-ortho nitro benzene ring substituents is 1. The van der Waals surface area contributed by atoms with Gasteiger partial charge in [-0.05, 0) is 38.8 Å². The standard InChI is InChI=1S/C25H23N3O6/c1-15-8-13-20-21(14-15)25(32)27(24(20)31)26(16(2)22(29)17-6-4-3-5-7-17)23(30)18-9-11-19(12-10-18)28(33)34/h3-12,16,20-21H,13-14H2,1-2H3/t16-,20-,21-/m0/s1. The Morgan fingerprint density at radius 1 is 1.00 bits per heavy atom. The molecule has 174 valence electrons. The molecule has 3 atom stereocenters. The van der Waals surface area contributed by atoms with Crippen LogP contribution in [-0.4, -0.2) is 44.5 Å². The van der Waals surface area contributed by atoms with Crippen LogP contribution < -0.4 is 0 Å². The van der Waals surface area contributed by atoms with Gasteiger partial charge >= 0.3 is 0 Å². The number of amides is 3. The molecule has 2 aliphatic rings. The van der Waals surface area contributed by atoms with Gasteiger partial charge in [0, 0.05) is 23.3 Å². The first-order chi connectivity index (χ1) is 16.2. The monoisotopic (exact) mass is 461 g/mol. The summed E-state index contributed by atoms with van der Waals surface area (Å²) in [7, 11) is 0. The number of carbonyl (C=O) groups is 4. The number of nitro benzene ring substituents is 1. The number of benzene rings is 2. The van der Waals surface area contributed by atoms with Gasteiger partial charge in [0.05, 0.1) is 16.8 Å². The molecule has 34 heavy (non-hydrogen) atoms. The highest BCUT2D eigenvalue weighted by molar-refractivity contribution is 6.10. The number of carbonyl (C=O) groups excluding carboxylic acids is 4. The summed E-state index contributed by atoms with van der Waals surface area (Å²) in [4.78, 5) is 63.9. The molecule has 9 nitrogen and oxygen atoms in total. The van der Waals surface area contributed by atoms with Gasteiger partial charge in [-0.25, -0.2) is 5.01 Å². The topological polar surface area (TPSA) is 118 Å². The van der Waals surface area contributed by atoms with Gasteiger partial charge in [0.2, 0.25) is 0 Å². The highest BCUT2D eigenvalue weighted by atomic mass is 16.6. The predicted octanol–water partition coefficient (Wildman–Crippen LogP) is 3.56. The number of nitro groups is 1. The average molecular weight is 461 g/mol. The van der Waals surface area contributed by atoms with Gasteiger partial charge in [-0.15, -0.1) is 0 Å². The minimum Gasteiger partial charge on any atom is -0.292 e. The molecule has 1 aliphatic carbocycles. The quantitative estimate of drug-likeness (QED) is 0.213. The van der Waals surface area contributed by atoms with Gasteiger partial charge in [-0.1, -0.05) is 42.0 Å². The molecule has 3 amide bonds. The van der Waals surface area contributed by atoms with Crippen molar-refractivity contribution in [2.45, 2.75) is 32.7 Å². The van der Waals surface area contributed by atoms with Crippen molar-refractivity contribution in [3.8, 4) is 0 Å². The van der Waals surface area contributed by atoms with Gasteiger partial charge in [0.15, 0.2) is 5.78 Å². The smallest absolute Gasteiger partial charge is 0.273 e. The number of ketones is 1. The number of Topliss-reactive ketones (excluding diaryl/α,β-unsaturated/α-hetero) is 1. The van der Waals surface area contributed by atoms with Gasteiger partial charge in [-0.2, -0.15) is 5.01 Å². The lowest BCUT2D eigenvalue weighted by Gasteiger charge is -2.34. The van der Waals surface area contributed by atoms with Crippen molar-refractivity contribution >= 4 is 29.2 Å². The normalized spacial score (nSPS) is 20.4. The fourth-order valence-corrected chi connectivity index (χ4v) is 4.48. The van der Waals surface area contributed by atoms with E-state index in [1.807, 2.05) is 13.0 Å². The molecule has 0 aromatic heterocycles. The molecule has 2 aromatic carbocycles. The summed E-state index contributed by atoms with van der Waals surface area (Å²) in [6.07, 6.45) is 2.71. The largest absolute Gasteiger partial charge is 0.292 e. The lowest BCUT2D eigenvalue weighted by Crippen LogP contribution is -2.56. The van der Waals surface area contributed by atoms with Crippen molar-refractivity contribution < 1.29 is 24.1 Å². The Morgan fingerprint density at radius 3 is 2.24 bits per heavy atom. The zero-order chi connectivity index (χ0) is 24.6. The van der Waals surface area contributed by atoms with Crippen LogP contribution in [0.2, 0.25) is 0 Å². The van der Waals surface area contributed by atoms with E-state index in [0.29, 0.717) is 18.4 Å². The highest BCUT2D eigenvalue weighted by Gasteiger charge is 2.53. The number of nitrogens with zero attached hydrogens (tertiary/aromatic N) is 3. The van der Waals surface area contributed by atoms with Crippen molar-refractivity contribution in [1.29, 1.82) is 0 Å². The molecule has 0 radical (unpaired) electrons. The van der Waals surface area contributed by atoms with E-state index < -0.39 is 46.3 Å². The Morgan fingerprint density at radius 2 is 1.62 bits per heavy atom. The maximum Gasteiger partial charge on any atom is 0.273 e. The molecule has 0 bridgehead atoms. The number of hydrazine groups is 1. The molecule has 9 heteroatoms. The van der Waals surface area contributed by atoms with Crippen molar-refractivity contribution in [3.05, 3.63) is 87.5 Å². The molecule has 1 saturated heterocycles. The zero-order valence-electron chi connectivity index (χ0n) is 18.7. The number of fused-ring (bicyclic) bond motifs is 1. The maximum atomic E-state index is 13.6. The zero-order valence-corrected chi connectivity index (χ0v) is 18.7. The second-order valence-corrected chi connectivity index (χ2v) is 8.55. The van der Waals surface area contributed by atoms with Crippen LogP contribution in [0.15, 0.2) is 66.2 Å². The second kappa shape index (κ2) is 9.01. The van der Waals surface area contributed by atoms with E-state index in [4.69, 9.17) is 0 Å². The number of hydrogen-bond acceptors (Lipinski definition) is 6. The lowest BCUT2D eigenvalue weighted by atomic mass is 9.82. The molecular weight excluding hydrogens is 438 g/mol. The summed E-state index contributed by atoms with van der Waals surface area (Å²) in [5.41, 5.74) is 1.12. The summed E-state index contributed by atoms with van der Waals surface area (Å²) in [5, 5.41) is 12.7. The van der Waals surface area contributed by atoms with Gasteiger partial charge in [-0.3, -0.25) is 29.3 Å². The summed E-state index contributed by atoms with van der Waals surface area (Å²) in [5.74, 6) is -3.45. The van der Waals surface area contributed by atoms with Gasteiger partial charge < -0.3 is 0 Å². The van der Waals surface area contributed by atoms with E-state index in [2.05, 4.69) is 0 Å². The SMILES string of the molecule is CC1=CC[C@@H]2C(=O)N(N(C(=O)c3ccc([N+](=O)[O-])cc3)[C@@H](C)C(=O)c3ccccc3)C(=O)[C@H]2C1. The Hall–Kier alpha value is -4.14. The van der Waals surface area contributed by atoms with Crippen LogP contribution in [0, 0.1) is 22.0 Å². The van der Waals surface area contributed by atoms with E-state index in [1.165, 1.54) is 19.1 Å². The van der Waals surface area contributed by atoms with Crippen LogP contribution >= 0.6 is 0 Å². The minimum atomic E-state index is -1.17. The lowest BCUT2D eigenvalue weighted by molar-refractivity contribution is -0.384. The summed E-state index contributed by atoms with van der Waals surface area (Å²) < 4.78 is 0. The third kappa shape index (κ3) is 4.00. The van der Waals surface area contributed by atoms with Crippen molar-refractivity contribution in [1.82, 2.24) is 10.0 Å². The first-order valence-electron chi connectivity index (χ1n) is 10.9. The van der Waals surface area contributed by atoms with Crippen LogP contribution in [0.4, 0.5) is 5.69 Å². The van der Waals surface area contributed by atoms with Crippen molar-refractivity contribution in [2.75, 3.05) is 0 Å². The van der Waals surface area contributed by atoms with Crippen molar-refractivity contribution in [2.24, 2.45) is 11.8 Å². The first kappa shape index (κ1) is 23.0.